The first-order chi connectivity index (χ1) is 13.7. The van der Waals surface area contributed by atoms with Gasteiger partial charge in [-0.25, -0.2) is 13.4 Å². The molecule has 0 atom stereocenters. The lowest BCUT2D eigenvalue weighted by molar-refractivity contribution is -0.116. The summed E-state index contributed by atoms with van der Waals surface area (Å²) in [4.78, 5) is 23.4. The molecule has 0 unspecified atom stereocenters. The first kappa shape index (κ1) is 21.8. The number of nitrogens with zero attached hydrogens (tertiary/aromatic N) is 3. The van der Waals surface area contributed by atoms with Gasteiger partial charge in [-0.15, -0.1) is 0 Å². The van der Waals surface area contributed by atoms with Gasteiger partial charge in [-0.05, 0) is 18.6 Å². The van der Waals surface area contributed by atoms with Crippen LogP contribution in [0.25, 0.3) is 0 Å². The average molecular weight is 417 g/mol. The second-order valence-corrected chi connectivity index (χ2v) is 8.13. The van der Waals surface area contributed by atoms with E-state index in [1.807, 2.05) is 6.92 Å². The summed E-state index contributed by atoms with van der Waals surface area (Å²) in [6.45, 7) is 1.92. The molecule has 0 aliphatic carbocycles. The lowest BCUT2D eigenvalue weighted by atomic mass is 10.2. The molecule has 0 aliphatic rings. The minimum absolute atomic E-state index is 0.166. The van der Waals surface area contributed by atoms with Crippen LogP contribution < -0.4 is 22.1 Å². The Morgan fingerprint density at radius 3 is 2.69 bits per heavy atom. The third kappa shape index (κ3) is 6.57. The molecule has 0 radical (unpaired) electrons. The van der Waals surface area contributed by atoms with Gasteiger partial charge in [-0.3, -0.25) is 9.79 Å². The number of allylic oxidation sites excluding steroid dienone is 1. The number of benzene rings is 1. The number of anilines is 2. The van der Waals surface area contributed by atoms with E-state index in [1.165, 1.54) is 18.7 Å². The zero-order valence-corrected chi connectivity index (χ0v) is 16.9. The van der Waals surface area contributed by atoms with E-state index >= 15 is 0 Å². The van der Waals surface area contributed by atoms with E-state index in [0.717, 1.165) is 5.56 Å². The predicted octanol–water partition coefficient (Wildman–Crippen LogP) is 0.569. The summed E-state index contributed by atoms with van der Waals surface area (Å²) >= 11 is 0. The van der Waals surface area contributed by atoms with Crippen molar-refractivity contribution in [3.63, 3.8) is 0 Å². The van der Waals surface area contributed by atoms with Gasteiger partial charge >= 0.3 is 0 Å². The number of nitrogens with two attached hydrogens (primary N) is 2. The molecule has 1 heterocycles. The second-order valence-electron chi connectivity index (χ2n) is 6.14. The molecule has 0 saturated heterocycles. The number of aliphatic imine (C=N–C) groups is 1. The summed E-state index contributed by atoms with van der Waals surface area (Å²) in [5.74, 6) is 0.207. The molecule has 29 heavy (non-hydrogen) atoms. The van der Waals surface area contributed by atoms with E-state index in [9.17, 15) is 13.2 Å². The topological polar surface area (TPSA) is 165 Å². The number of nitrogens with one attached hydrogen (secondary N) is 2. The average Bonchev–Trinajstić information content (AvgIpc) is 2.66. The summed E-state index contributed by atoms with van der Waals surface area (Å²) in [7, 11) is -3.34. The molecule has 2 aromatic rings. The number of aromatic nitrogens is 2. The molecule has 11 heteroatoms. The van der Waals surface area contributed by atoms with Gasteiger partial charge in [-0.2, -0.15) is 4.98 Å². The number of carbonyl (C=O) groups excluding carboxylic acids is 1. The van der Waals surface area contributed by atoms with Crippen LogP contribution in [0.3, 0.4) is 0 Å². The highest BCUT2D eigenvalue weighted by Gasteiger charge is 2.13. The summed E-state index contributed by atoms with van der Waals surface area (Å²) < 4.78 is 23.9. The van der Waals surface area contributed by atoms with Crippen molar-refractivity contribution in [2.24, 2.45) is 16.5 Å². The third-order valence-electron chi connectivity index (χ3n) is 3.70. The number of hydrogen-bond acceptors (Lipinski definition) is 9. The number of amides is 1. The zero-order chi connectivity index (χ0) is 21.4. The van der Waals surface area contributed by atoms with Gasteiger partial charge in [-0.1, -0.05) is 18.2 Å². The monoisotopic (exact) mass is 417 g/mol. The fourth-order valence-corrected chi connectivity index (χ4v) is 3.29. The molecule has 1 aromatic carbocycles. The highest BCUT2D eigenvalue weighted by atomic mass is 32.2. The van der Waals surface area contributed by atoms with Crippen molar-refractivity contribution in [2.45, 2.75) is 18.4 Å². The number of rotatable bonds is 9. The second kappa shape index (κ2) is 9.64. The smallest absolute Gasteiger partial charge is 0.239 e. The molecule has 0 saturated carbocycles. The van der Waals surface area contributed by atoms with Gasteiger partial charge < -0.3 is 22.1 Å². The van der Waals surface area contributed by atoms with Gasteiger partial charge in [0, 0.05) is 37.0 Å². The summed E-state index contributed by atoms with van der Waals surface area (Å²) in [6.07, 6.45) is 5.38. The van der Waals surface area contributed by atoms with Crippen molar-refractivity contribution < 1.29 is 13.2 Å². The molecule has 0 spiro atoms. The number of sulfone groups is 1. The highest BCUT2D eigenvalue weighted by Crippen LogP contribution is 2.19. The van der Waals surface area contributed by atoms with Crippen LogP contribution in [0.1, 0.15) is 11.1 Å². The first-order valence-electron chi connectivity index (χ1n) is 8.53. The van der Waals surface area contributed by atoms with Crippen molar-refractivity contribution in [3.05, 3.63) is 53.5 Å². The van der Waals surface area contributed by atoms with E-state index in [1.54, 1.807) is 30.5 Å². The molecule has 0 bridgehead atoms. The molecule has 1 aromatic heterocycles. The van der Waals surface area contributed by atoms with E-state index < -0.39 is 15.7 Å². The number of aryl methyl sites for hydroxylation is 1. The Morgan fingerprint density at radius 1 is 1.31 bits per heavy atom. The Morgan fingerprint density at radius 2 is 2.03 bits per heavy atom. The van der Waals surface area contributed by atoms with Crippen LogP contribution in [-0.4, -0.2) is 43.3 Å². The van der Waals surface area contributed by atoms with Crippen molar-refractivity contribution in [3.8, 4) is 0 Å². The predicted molar refractivity (Wildman–Crippen MR) is 112 cm³/mol. The first-order valence-corrected chi connectivity index (χ1v) is 10.4. The van der Waals surface area contributed by atoms with E-state index in [2.05, 4.69) is 25.6 Å². The molecule has 10 nitrogen and oxygen atoms in total. The fraction of sp³-hybridized carbons (Fsp3) is 0.222. The fourth-order valence-electron chi connectivity index (χ4n) is 2.35. The van der Waals surface area contributed by atoms with Crippen LogP contribution in [0.4, 0.5) is 11.8 Å². The minimum atomic E-state index is -3.34. The molecular weight excluding hydrogens is 394 g/mol. The van der Waals surface area contributed by atoms with Gasteiger partial charge in [0.25, 0.3) is 0 Å². The molecule has 154 valence electrons. The van der Waals surface area contributed by atoms with Gasteiger partial charge in [0.15, 0.2) is 9.84 Å². The summed E-state index contributed by atoms with van der Waals surface area (Å²) in [5.41, 5.74) is 12.3. The molecule has 6 N–H and O–H groups in total. The van der Waals surface area contributed by atoms with E-state index in [-0.39, 0.29) is 23.9 Å². The maximum atomic E-state index is 11.9. The largest absolute Gasteiger partial charge is 0.403 e. The maximum absolute atomic E-state index is 11.9. The third-order valence-corrected chi connectivity index (χ3v) is 4.90. The molecular formula is C18H23N7O3S. The van der Waals surface area contributed by atoms with Crippen LogP contribution in [0.2, 0.25) is 0 Å². The SMILES string of the molecule is Cc1cnc(NC(C=NCC(N)=O)=CN)nc1NCc1ccccc1S(C)(=O)=O. The van der Waals surface area contributed by atoms with Crippen LogP contribution in [-0.2, 0) is 21.2 Å². The molecule has 0 aliphatic heterocycles. The van der Waals surface area contributed by atoms with E-state index in [0.29, 0.717) is 17.1 Å². The van der Waals surface area contributed by atoms with Crippen molar-refractivity contribution in [2.75, 3.05) is 23.4 Å². The van der Waals surface area contributed by atoms with Crippen LogP contribution in [0, 0.1) is 6.92 Å². The standard InChI is InChI=1S/C18H23N7O3S/c1-12-8-23-18(24-14(7-19)10-21-11-16(20)26)25-17(12)22-9-13-5-3-4-6-15(13)29(2,27)28/h3-8,10H,9,11,19H2,1-2H3,(H2,20,26)(H2,22,23,24,25). The van der Waals surface area contributed by atoms with Crippen LogP contribution in [0.15, 0.2) is 52.2 Å². The molecule has 1 amide bonds. The maximum Gasteiger partial charge on any atom is 0.239 e. The van der Waals surface area contributed by atoms with Gasteiger partial charge in [0.1, 0.15) is 12.4 Å². The Labute approximate surface area is 169 Å². The van der Waals surface area contributed by atoms with Gasteiger partial charge in [0.2, 0.25) is 11.9 Å². The van der Waals surface area contributed by atoms with Crippen molar-refractivity contribution >= 4 is 33.7 Å². The lowest BCUT2D eigenvalue weighted by Gasteiger charge is -2.13. The van der Waals surface area contributed by atoms with Gasteiger partial charge in [0.05, 0.1) is 10.6 Å². The Balaban J connectivity index is 2.16. The quantitative estimate of drug-likeness (QED) is 0.430. The number of carbonyl (C=O) groups is 1. The lowest BCUT2D eigenvalue weighted by Crippen LogP contribution is -2.15. The van der Waals surface area contributed by atoms with Crippen molar-refractivity contribution in [1.82, 2.24) is 9.97 Å². The highest BCUT2D eigenvalue weighted by molar-refractivity contribution is 7.90. The molecule has 0 fully saturated rings. The normalized spacial score (nSPS) is 12.1. The minimum Gasteiger partial charge on any atom is -0.403 e. The zero-order valence-electron chi connectivity index (χ0n) is 16.1. The van der Waals surface area contributed by atoms with E-state index in [4.69, 9.17) is 11.5 Å². The van der Waals surface area contributed by atoms with Crippen molar-refractivity contribution in [1.29, 1.82) is 0 Å². The number of hydrogen-bond donors (Lipinski definition) is 4. The Kier molecular flexibility index (Phi) is 7.26. The van der Waals surface area contributed by atoms with Crippen LogP contribution in [0.5, 0.6) is 0 Å². The Bertz CT molecular complexity index is 1050. The summed E-state index contributed by atoms with van der Waals surface area (Å²) in [5, 5.41) is 6.01. The Hall–Kier alpha value is -3.47. The number of primary amides is 1. The van der Waals surface area contributed by atoms with Crippen LogP contribution >= 0.6 is 0 Å². The summed E-state index contributed by atoms with van der Waals surface area (Å²) in [6, 6.07) is 6.76. The molecule has 2 rings (SSSR count).